The van der Waals surface area contributed by atoms with Gasteiger partial charge in [0.15, 0.2) is 0 Å². The van der Waals surface area contributed by atoms with Crippen molar-refractivity contribution >= 4 is 45.1 Å². The van der Waals surface area contributed by atoms with E-state index in [1.54, 1.807) is 31.4 Å². The van der Waals surface area contributed by atoms with E-state index in [9.17, 15) is 23.1 Å². The molecule has 0 aliphatic carbocycles. The number of ether oxygens (including phenoxy) is 2. The molecular weight excluding hydrogens is 555 g/mol. The fourth-order valence-corrected chi connectivity index (χ4v) is 6.34. The Morgan fingerprint density at radius 2 is 1.76 bits per heavy atom. The zero-order valence-electron chi connectivity index (χ0n) is 20.1. The van der Waals surface area contributed by atoms with E-state index in [4.69, 9.17) is 32.7 Å². The van der Waals surface area contributed by atoms with Gasteiger partial charge in [0.25, 0.3) is 0 Å². The molecular formula is C26H24Cl2N2O7S. The molecule has 0 spiro atoms. The second kappa shape index (κ2) is 11.7. The number of hydrogen-bond acceptors (Lipinski definition) is 6. The third-order valence-corrected chi connectivity index (χ3v) is 8.26. The minimum Gasteiger partial charge on any atom is -0.496 e. The quantitative estimate of drug-likeness (QED) is 0.387. The zero-order valence-corrected chi connectivity index (χ0v) is 22.5. The molecule has 9 nitrogen and oxygen atoms in total. The predicted octanol–water partition coefficient (Wildman–Crippen LogP) is 4.35. The number of sulfonamides is 1. The lowest BCUT2D eigenvalue weighted by Gasteiger charge is -2.24. The number of para-hydroxylation sites is 1. The highest BCUT2D eigenvalue weighted by atomic mass is 35.5. The first-order valence-electron chi connectivity index (χ1n) is 11.4. The molecule has 0 bridgehead atoms. The summed E-state index contributed by atoms with van der Waals surface area (Å²) in [5.41, 5.74) is 2.23. The van der Waals surface area contributed by atoms with Crippen LogP contribution in [0, 0.1) is 0 Å². The number of benzene rings is 3. The molecule has 0 saturated carbocycles. The van der Waals surface area contributed by atoms with Gasteiger partial charge in [-0.3, -0.25) is 9.59 Å². The van der Waals surface area contributed by atoms with Crippen molar-refractivity contribution in [1.29, 1.82) is 0 Å². The Kier molecular flexibility index (Phi) is 8.59. The Morgan fingerprint density at radius 3 is 2.39 bits per heavy atom. The van der Waals surface area contributed by atoms with Gasteiger partial charge in [0.1, 0.15) is 18.5 Å². The lowest BCUT2D eigenvalue weighted by molar-refractivity contribution is -0.137. The van der Waals surface area contributed by atoms with Crippen molar-refractivity contribution in [3.05, 3.63) is 82.3 Å². The van der Waals surface area contributed by atoms with Crippen molar-refractivity contribution in [2.45, 2.75) is 23.4 Å². The number of methoxy groups -OCH3 is 1. The number of carbonyl (C=O) groups excluding carboxylic acids is 1. The van der Waals surface area contributed by atoms with Gasteiger partial charge in [0.05, 0.1) is 31.1 Å². The summed E-state index contributed by atoms with van der Waals surface area (Å²) in [7, 11) is -2.62. The van der Waals surface area contributed by atoms with Crippen LogP contribution in [0.3, 0.4) is 0 Å². The summed E-state index contributed by atoms with van der Waals surface area (Å²) in [6, 6.07) is 16.2. The van der Waals surface area contributed by atoms with Crippen LogP contribution in [-0.2, 0) is 24.3 Å². The van der Waals surface area contributed by atoms with Gasteiger partial charge in [-0.05, 0) is 35.4 Å². The van der Waals surface area contributed by atoms with Gasteiger partial charge in [-0.25, -0.2) is 8.42 Å². The Hall–Kier alpha value is -3.15. The van der Waals surface area contributed by atoms with Crippen molar-refractivity contribution in [2.24, 2.45) is 0 Å². The highest BCUT2D eigenvalue weighted by molar-refractivity contribution is 7.89. The van der Waals surface area contributed by atoms with Gasteiger partial charge in [-0.1, -0.05) is 65.7 Å². The summed E-state index contributed by atoms with van der Waals surface area (Å²) in [6.45, 7) is -0.562. The molecule has 0 radical (unpaired) electrons. The first kappa shape index (κ1) is 27.9. The second-order valence-corrected chi connectivity index (χ2v) is 11.3. The highest BCUT2D eigenvalue weighted by Gasteiger charge is 2.41. The fourth-order valence-electron chi connectivity index (χ4n) is 4.16. The molecule has 1 fully saturated rings. The minimum atomic E-state index is -4.19. The van der Waals surface area contributed by atoms with Gasteiger partial charge in [-0.2, -0.15) is 4.31 Å². The van der Waals surface area contributed by atoms with E-state index in [0.29, 0.717) is 11.3 Å². The van der Waals surface area contributed by atoms with Crippen LogP contribution in [0.5, 0.6) is 5.75 Å². The normalized spacial score (nSPS) is 16.7. The number of nitrogens with one attached hydrogen (secondary N) is 1. The summed E-state index contributed by atoms with van der Waals surface area (Å²) in [4.78, 5) is 24.7. The van der Waals surface area contributed by atoms with Gasteiger partial charge in [0, 0.05) is 15.6 Å². The number of amides is 1. The lowest BCUT2D eigenvalue weighted by Crippen LogP contribution is -2.48. The van der Waals surface area contributed by atoms with Crippen LogP contribution in [0.1, 0.15) is 18.0 Å². The first-order valence-corrected chi connectivity index (χ1v) is 13.6. The SMILES string of the molecule is COc1ccccc1-c1ccc([C@@H](CC(=O)O)NC(=O)[C@@H]2COCN2S(=O)(=O)c2cc(Cl)cc(Cl)c2)cc1. The Morgan fingerprint density at radius 1 is 1.11 bits per heavy atom. The van der Waals surface area contributed by atoms with E-state index in [2.05, 4.69) is 5.32 Å². The Labute approximate surface area is 229 Å². The molecule has 2 atom stereocenters. The molecule has 2 N–H and O–H groups in total. The van der Waals surface area contributed by atoms with Crippen molar-refractivity contribution in [3.63, 3.8) is 0 Å². The van der Waals surface area contributed by atoms with Crippen LogP contribution >= 0.6 is 23.2 Å². The van der Waals surface area contributed by atoms with Crippen molar-refractivity contribution in [3.8, 4) is 16.9 Å². The zero-order chi connectivity index (χ0) is 27.4. The van der Waals surface area contributed by atoms with Crippen LogP contribution < -0.4 is 10.1 Å². The molecule has 4 rings (SSSR count). The molecule has 1 aliphatic rings. The van der Waals surface area contributed by atoms with E-state index >= 15 is 0 Å². The van der Waals surface area contributed by atoms with E-state index in [-0.39, 0.29) is 28.3 Å². The molecule has 12 heteroatoms. The molecule has 1 amide bonds. The topological polar surface area (TPSA) is 122 Å². The van der Waals surface area contributed by atoms with E-state index in [0.717, 1.165) is 15.4 Å². The van der Waals surface area contributed by atoms with Crippen LogP contribution in [-0.4, -0.2) is 56.2 Å². The second-order valence-electron chi connectivity index (χ2n) is 8.49. The summed E-state index contributed by atoms with van der Waals surface area (Å²) in [5.74, 6) is -1.15. The average molecular weight is 579 g/mol. The Bertz CT molecular complexity index is 1430. The van der Waals surface area contributed by atoms with Gasteiger partial charge in [-0.15, -0.1) is 0 Å². The third kappa shape index (κ3) is 6.11. The number of carbonyl (C=O) groups is 2. The number of halogens is 2. The molecule has 1 aliphatic heterocycles. The summed E-state index contributed by atoms with van der Waals surface area (Å²) < 4.78 is 38.1. The molecule has 200 valence electrons. The predicted molar refractivity (Wildman–Crippen MR) is 142 cm³/mol. The van der Waals surface area contributed by atoms with Crippen molar-refractivity contribution in [1.82, 2.24) is 9.62 Å². The number of carboxylic acids is 1. The van der Waals surface area contributed by atoms with Gasteiger partial charge >= 0.3 is 5.97 Å². The van der Waals surface area contributed by atoms with Crippen LogP contribution in [0.15, 0.2) is 71.6 Å². The summed E-state index contributed by atoms with van der Waals surface area (Å²) in [6.07, 6.45) is -0.413. The number of aliphatic carboxylic acids is 1. The van der Waals surface area contributed by atoms with Crippen LogP contribution in [0.25, 0.3) is 11.1 Å². The Balaban J connectivity index is 1.57. The van der Waals surface area contributed by atoms with Crippen LogP contribution in [0.4, 0.5) is 0 Å². The maximum Gasteiger partial charge on any atom is 0.305 e. The van der Waals surface area contributed by atoms with Gasteiger partial charge in [0.2, 0.25) is 15.9 Å². The number of rotatable bonds is 9. The van der Waals surface area contributed by atoms with Crippen LogP contribution in [0.2, 0.25) is 10.0 Å². The largest absolute Gasteiger partial charge is 0.496 e. The van der Waals surface area contributed by atoms with Gasteiger partial charge < -0.3 is 19.9 Å². The van der Waals surface area contributed by atoms with E-state index in [1.807, 2.05) is 24.3 Å². The molecule has 3 aromatic carbocycles. The average Bonchev–Trinajstić information content (AvgIpc) is 3.39. The van der Waals surface area contributed by atoms with Crippen molar-refractivity contribution < 1.29 is 32.6 Å². The molecule has 38 heavy (non-hydrogen) atoms. The van der Waals surface area contributed by atoms with E-state index < -0.39 is 40.4 Å². The monoisotopic (exact) mass is 578 g/mol. The maximum atomic E-state index is 13.3. The smallest absolute Gasteiger partial charge is 0.305 e. The third-order valence-electron chi connectivity index (χ3n) is 6.01. The lowest BCUT2D eigenvalue weighted by atomic mass is 9.98. The van der Waals surface area contributed by atoms with Crippen molar-refractivity contribution in [2.75, 3.05) is 20.4 Å². The maximum absolute atomic E-state index is 13.3. The summed E-state index contributed by atoms with van der Waals surface area (Å²) >= 11 is 11.9. The molecule has 0 aromatic heterocycles. The fraction of sp³-hybridized carbons (Fsp3) is 0.231. The highest BCUT2D eigenvalue weighted by Crippen LogP contribution is 2.31. The molecule has 1 heterocycles. The summed E-state index contributed by atoms with van der Waals surface area (Å²) in [5, 5.41) is 12.4. The standard InChI is InChI=1S/C26H24Cl2N2O7S/c1-36-24-5-3-2-4-21(24)16-6-8-17(9-7-16)22(13-25(31)32)29-26(33)23-14-37-15-30(23)38(34,35)20-11-18(27)10-19(28)12-20/h2-12,22-23H,13-15H2,1H3,(H,29,33)(H,31,32)/t22-,23+/m1/s1. The molecule has 1 saturated heterocycles. The molecule has 3 aromatic rings. The first-order chi connectivity index (χ1) is 18.1. The number of nitrogens with zero attached hydrogens (tertiary/aromatic N) is 1. The van der Waals surface area contributed by atoms with E-state index in [1.165, 1.54) is 18.2 Å². The molecule has 0 unspecified atom stereocenters. The number of hydrogen-bond donors (Lipinski definition) is 2. The minimum absolute atomic E-state index is 0.121. The number of carboxylic acid groups (broad SMARTS) is 1.